The predicted octanol–water partition coefficient (Wildman–Crippen LogP) is 2.05. The van der Waals surface area contributed by atoms with Gasteiger partial charge in [-0.15, -0.1) is 11.3 Å². The zero-order chi connectivity index (χ0) is 17.3. The first-order valence-electron chi connectivity index (χ1n) is 6.90. The number of nitrogens with zero attached hydrogens (tertiary/aromatic N) is 1. The molecule has 126 valence electrons. The molecular weight excluding hydrogens is 338 g/mol. The van der Waals surface area contributed by atoms with Gasteiger partial charge in [0.15, 0.2) is 5.76 Å². The average molecular weight is 357 g/mol. The SMILES string of the molecule is Cc1ncc(CNC(=O)c2ccc(S(=O)(=O)NC(C)(C)C)o2)s1. The van der Waals surface area contributed by atoms with Crippen LogP contribution in [0.4, 0.5) is 0 Å². The Kier molecular flexibility index (Phi) is 4.92. The molecule has 0 bridgehead atoms. The van der Waals surface area contributed by atoms with Crippen LogP contribution in [0.3, 0.4) is 0 Å². The van der Waals surface area contributed by atoms with Crippen LogP contribution >= 0.6 is 11.3 Å². The lowest BCUT2D eigenvalue weighted by molar-refractivity contribution is 0.0918. The summed E-state index contributed by atoms with van der Waals surface area (Å²) in [5.41, 5.74) is -0.641. The van der Waals surface area contributed by atoms with Crippen LogP contribution in [0.5, 0.6) is 0 Å². The third-order valence-electron chi connectivity index (χ3n) is 2.60. The molecule has 0 fully saturated rings. The van der Waals surface area contributed by atoms with Gasteiger partial charge in [-0.1, -0.05) is 0 Å². The topological polar surface area (TPSA) is 101 Å². The van der Waals surface area contributed by atoms with E-state index < -0.39 is 21.5 Å². The summed E-state index contributed by atoms with van der Waals surface area (Å²) < 4.78 is 31.9. The van der Waals surface area contributed by atoms with Crippen molar-refractivity contribution in [3.63, 3.8) is 0 Å². The van der Waals surface area contributed by atoms with E-state index in [-0.39, 0.29) is 10.9 Å². The maximum Gasteiger partial charge on any atom is 0.287 e. The Hall–Kier alpha value is -1.71. The number of hydrogen-bond donors (Lipinski definition) is 2. The summed E-state index contributed by atoms with van der Waals surface area (Å²) in [5.74, 6) is -0.534. The predicted molar refractivity (Wildman–Crippen MR) is 86.8 cm³/mol. The van der Waals surface area contributed by atoms with Crippen LogP contribution in [0.1, 0.15) is 41.2 Å². The minimum atomic E-state index is -3.80. The number of amides is 1. The number of carbonyl (C=O) groups excluding carboxylic acids is 1. The average Bonchev–Trinajstić information content (AvgIpc) is 3.02. The van der Waals surface area contributed by atoms with Crippen LogP contribution in [0.25, 0.3) is 0 Å². The lowest BCUT2D eigenvalue weighted by Gasteiger charge is -2.18. The molecule has 2 aromatic heterocycles. The van der Waals surface area contributed by atoms with Crippen LogP contribution in [-0.4, -0.2) is 24.8 Å². The third kappa shape index (κ3) is 4.88. The molecule has 0 aromatic carbocycles. The van der Waals surface area contributed by atoms with Crippen molar-refractivity contribution in [2.45, 2.75) is 44.9 Å². The summed E-state index contributed by atoms with van der Waals surface area (Å²) in [6, 6.07) is 2.60. The molecule has 2 rings (SSSR count). The number of aromatic nitrogens is 1. The van der Waals surface area contributed by atoms with Crippen molar-refractivity contribution in [2.75, 3.05) is 0 Å². The van der Waals surface area contributed by atoms with E-state index in [0.717, 1.165) is 9.88 Å². The van der Waals surface area contributed by atoms with Gasteiger partial charge in [-0.3, -0.25) is 4.79 Å². The molecule has 9 heteroatoms. The second-order valence-corrected chi connectivity index (χ2v) is 8.94. The number of thiazole rings is 1. The van der Waals surface area contributed by atoms with Crippen molar-refractivity contribution in [1.82, 2.24) is 15.0 Å². The zero-order valence-corrected chi connectivity index (χ0v) is 15.0. The first-order valence-corrected chi connectivity index (χ1v) is 9.20. The van der Waals surface area contributed by atoms with E-state index >= 15 is 0 Å². The summed E-state index contributed by atoms with van der Waals surface area (Å²) in [5, 5.41) is 3.29. The molecule has 2 N–H and O–H groups in total. The molecule has 0 unspecified atom stereocenters. The first kappa shape index (κ1) is 17.6. The molecular formula is C14H19N3O4S2. The van der Waals surface area contributed by atoms with E-state index in [2.05, 4.69) is 15.0 Å². The number of hydrogen-bond acceptors (Lipinski definition) is 6. The van der Waals surface area contributed by atoms with Crippen LogP contribution in [-0.2, 0) is 16.6 Å². The van der Waals surface area contributed by atoms with Crippen molar-refractivity contribution in [1.29, 1.82) is 0 Å². The highest BCUT2D eigenvalue weighted by Gasteiger charge is 2.26. The van der Waals surface area contributed by atoms with E-state index in [1.807, 2.05) is 6.92 Å². The fourth-order valence-corrected chi connectivity index (χ4v) is 3.87. The van der Waals surface area contributed by atoms with E-state index in [9.17, 15) is 13.2 Å². The second kappa shape index (κ2) is 6.42. The highest BCUT2D eigenvalue weighted by molar-refractivity contribution is 7.89. The molecule has 0 spiro atoms. The minimum Gasteiger partial charge on any atom is -0.438 e. The normalized spacial score (nSPS) is 12.3. The Labute approximate surface area is 139 Å². The van der Waals surface area contributed by atoms with Crippen LogP contribution in [0.2, 0.25) is 0 Å². The fourth-order valence-electron chi connectivity index (χ4n) is 1.78. The zero-order valence-electron chi connectivity index (χ0n) is 13.3. The number of sulfonamides is 1. The molecule has 0 aliphatic carbocycles. The summed E-state index contributed by atoms with van der Waals surface area (Å²) in [6.07, 6.45) is 1.69. The smallest absolute Gasteiger partial charge is 0.287 e. The molecule has 0 aliphatic heterocycles. The Morgan fingerprint density at radius 1 is 1.35 bits per heavy atom. The summed E-state index contributed by atoms with van der Waals surface area (Å²) >= 11 is 1.48. The molecule has 0 atom stereocenters. The van der Waals surface area contributed by atoms with Crippen LogP contribution < -0.4 is 10.0 Å². The van der Waals surface area contributed by atoms with Crippen molar-refractivity contribution in [3.05, 3.63) is 34.0 Å². The molecule has 1 amide bonds. The van der Waals surface area contributed by atoms with Gasteiger partial charge in [-0.25, -0.2) is 18.1 Å². The lowest BCUT2D eigenvalue weighted by Crippen LogP contribution is -2.40. The Bertz CT molecular complexity index is 800. The molecule has 2 aromatic rings. The maximum atomic E-state index is 12.1. The number of nitrogens with one attached hydrogen (secondary N) is 2. The number of aryl methyl sites for hydroxylation is 1. The minimum absolute atomic E-state index is 0.0551. The van der Waals surface area contributed by atoms with Gasteiger partial charge >= 0.3 is 0 Å². The van der Waals surface area contributed by atoms with E-state index in [0.29, 0.717) is 6.54 Å². The van der Waals surface area contributed by atoms with Gasteiger partial charge in [0.05, 0.1) is 11.6 Å². The monoisotopic (exact) mass is 357 g/mol. The first-order chi connectivity index (χ1) is 10.6. The van der Waals surface area contributed by atoms with Crippen molar-refractivity contribution < 1.29 is 17.6 Å². The van der Waals surface area contributed by atoms with Crippen LogP contribution in [0, 0.1) is 6.92 Å². The number of rotatable bonds is 5. The Balaban J connectivity index is 2.05. The van der Waals surface area contributed by atoms with Crippen molar-refractivity contribution >= 4 is 27.3 Å². The van der Waals surface area contributed by atoms with E-state index in [1.54, 1.807) is 27.0 Å². The van der Waals surface area contributed by atoms with E-state index in [1.165, 1.54) is 23.5 Å². The van der Waals surface area contributed by atoms with Gasteiger partial charge in [0.1, 0.15) is 0 Å². The maximum absolute atomic E-state index is 12.1. The van der Waals surface area contributed by atoms with Gasteiger partial charge in [0.2, 0.25) is 5.09 Å². The number of carbonyl (C=O) groups is 1. The molecule has 0 saturated carbocycles. The van der Waals surface area contributed by atoms with Gasteiger partial charge in [-0.2, -0.15) is 0 Å². The molecule has 23 heavy (non-hydrogen) atoms. The summed E-state index contributed by atoms with van der Waals surface area (Å²) in [6.45, 7) is 7.35. The summed E-state index contributed by atoms with van der Waals surface area (Å²) in [7, 11) is -3.80. The van der Waals surface area contributed by atoms with Gasteiger partial charge in [-0.05, 0) is 39.8 Å². The highest BCUT2D eigenvalue weighted by atomic mass is 32.2. The van der Waals surface area contributed by atoms with Gasteiger partial charge < -0.3 is 9.73 Å². The third-order valence-corrected chi connectivity index (χ3v) is 5.15. The molecule has 2 heterocycles. The molecule has 7 nitrogen and oxygen atoms in total. The molecule has 0 saturated heterocycles. The fraction of sp³-hybridized carbons (Fsp3) is 0.429. The standard InChI is InChI=1S/C14H19N3O4S2/c1-9-15-7-10(22-9)8-16-13(18)11-5-6-12(21-11)23(19,20)17-14(2,3)4/h5-7,17H,8H2,1-4H3,(H,16,18). The lowest BCUT2D eigenvalue weighted by atomic mass is 10.1. The summed E-state index contributed by atoms with van der Waals surface area (Å²) in [4.78, 5) is 17.0. The largest absolute Gasteiger partial charge is 0.438 e. The second-order valence-electron chi connectivity index (χ2n) is 6.00. The highest BCUT2D eigenvalue weighted by Crippen LogP contribution is 2.17. The number of furan rings is 1. The van der Waals surface area contributed by atoms with E-state index in [4.69, 9.17) is 4.42 Å². The molecule has 0 aliphatic rings. The Morgan fingerprint density at radius 2 is 2.04 bits per heavy atom. The quantitative estimate of drug-likeness (QED) is 0.853. The van der Waals surface area contributed by atoms with Crippen LogP contribution in [0.15, 0.2) is 27.8 Å². The Morgan fingerprint density at radius 3 is 2.61 bits per heavy atom. The van der Waals surface area contributed by atoms with Gasteiger partial charge in [0.25, 0.3) is 15.9 Å². The van der Waals surface area contributed by atoms with Crippen molar-refractivity contribution in [3.8, 4) is 0 Å². The van der Waals surface area contributed by atoms with Gasteiger partial charge in [0, 0.05) is 16.6 Å². The van der Waals surface area contributed by atoms with Crippen molar-refractivity contribution in [2.24, 2.45) is 0 Å². The molecule has 0 radical (unpaired) electrons.